The molecule has 64 heavy (non-hydrogen) atoms. The number of morpholine rings is 1. The van der Waals surface area contributed by atoms with Crippen LogP contribution in [0.2, 0.25) is 18.1 Å². The van der Waals surface area contributed by atoms with Gasteiger partial charge in [0.2, 0.25) is 11.8 Å². The molecule has 1 aliphatic heterocycles. The Morgan fingerprint density at radius 1 is 0.719 bits per heavy atom. The lowest BCUT2D eigenvalue weighted by molar-refractivity contribution is -0.134. The van der Waals surface area contributed by atoms with E-state index in [2.05, 4.69) is 55.1 Å². The van der Waals surface area contributed by atoms with Crippen LogP contribution in [0.25, 0.3) is 0 Å². The van der Waals surface area contributed by atoms with Crippen LogP contribution in [-0.2, 0) is 47.5 Å². The van der Waals surface area contributed by atoms with Crippen LogP contribution in [-0.4, -0.2) is 99.2 Å². The molecule has 1 saturated heterocycles. The minimum Gasteiger partial charge on any atom is -0.444 e. The Labute approximate surface area is 380 Å². The number of nitrogens with zero attached hydrogens (tertiary/aromatic N) is 1. The third kappa shape index (κ3) is 16.5. The zero-order chi connectivity index (χ0) is 47.2. The normalized spacial score (nSPS) is 15.8. The predicted octanol–water partition coefficient (Wildman–Crippen LogP) is 7.34. The first-order chi connectivity index (χ1) is 30.0. The summed E-state index contributed by atoms with van der Waals surface area (Å²) in [5.74, 6) is -3.48. The Kier molecular flexibility index (Phi) is 18.7. The molecule has 3 aromatic carbocycles. The van der Waals surface area contributed by atoms with Gasteiger partial charge in [-0.25, -0.2) is 14.0 Å². The number of rotatable bonds is 18. The fraction of sp³-hybridized carbons (Fsp3) is 0.531. The van der Waals surface area contributed by atoms with E-state index in [1.807, 2.05) is 60.7 Å². The summed E-state index contributed by atoms with van der Waals surface area (Å²) in [5, 5.41) is 11.1. The molecule has 5 unspecified atom stereocenters. The van der Waals surface area contributed by atoms with E-state index < -0.39 is 85.6 Å². The van der Waals surface area contributed by atoms with Gasteiger partial charge < -0.3 is 34.8 Å². The van der Waals surface area contributed by atoms with Gasteiger partial charge in [0.1, 0.15) is 23.5 Å². The first-order valence-corrected chi connectivity index (χ1v) is 25.2. The number of carbonyl (C=O) groups is 5. The summed E-state index contributed by atoms with van der Waals surface area (Å²) in [7, 11) is -2.61. The van der Waals surface area contributed by atoms with Gasteiger partial charge in [-0.05, 0) is 92.9 Å². The lowest BCUT2D eigenvalue weighted by Gasteiger charge is -2.42. The molecule has 0 spiro atoms. The van der Waals surface area contributed by atoms with E-state index in [9.17, 15) is 28.4 Å². The molecular formula is C49H70FN5O8Si. The fourth-order valence-corrected chi connectivity index (χ4v) is 8.46. The van der Waals surface area contributed by atoms with E-state index >= 15 is 0 Å². The molecule has 13 nitrogen and oxygen atoms in total. The highest BCUT2D eigenvalue weighted by atomic mass is 28.4. The van der Waals surface area contributed by atoms with E-state index in [1.165, 1.54) is 17.0 Å². The first-order valence-electron chi connectivity index (χ1n) is 22.3. The summed E-state index contributed by atoms with van der Waals surface area (Å²) in [4.78, 5) is 71.2. The van der Waals surface area contributed by atoms with Crippen molar-refractivity contribution < 1.29 is 42.3 Å². The van der Waals surface area contributed by atoms with Crippen LogP contribution in [0.15, 0.2) is 84.9 Å². The molecule has 0 aromatic heterocycles. The van der Waals surface area contributed by atoms with Crippen molar-refractivity contribution in [3.8, 4) is 0 Å². The predicted molar refractivity (Wildman–Crippen MR) is 248 cm³/mol. The standard InChI is InChI=1S/C49H70FN5O8Si/c1-33(2)42(45(58)51-40(31-35-19-15-12-16-20-35)44(57)54-46(59)55-25-27-61-28-26-55)53-43(56)37(29-36-21-23-38(50)24-22-36)32-41(63-64(9,10)49(6,7)8)39(30-34-17-13-11-14-18-34)52-47(60)62-48(3,4)5/h11-24,33,37,39-42H,25-32H2,1-10H3,(H,51,58)(H,52,60)(H,53,56)(H,54,57,59). The molecule has 15 heteroatoms. The number of hydrogen-bond donors (Lipinski definition) is 4. The molecule has 0 bridgehead atoms. The van der Waals surface area contributed by atoms with E-state index in [-0.39, 0.29) is 24.3 Å². The Hall–Kier alpha value is -5.12. The van der Waals surface area contributed by atoms with Gasteiger partial charge in [0.15, 0.2) is 8.32 Å². The smallest absolute Gasteiger partial charge is 0.407 e. The van der Waals surface area contributed by atoms with Crippen LogP contribution in [0.5, 0.6) is 0 Å². The number of urea groups is 1. The molecule has 350 valence electrons. The first kappa shape index (κ1) is 51.5. The number of benzene rings is 3. The third-order valence-corrected chi connectivity index (χ3v) is 16.2. The second-order valence-corrected chi connectivity index (χ2v) is 24.3. The molecule has 0 aliphatic carbocycles. The number of amides is 6. The molecule has 0 radical (unpaired) electrons. The summed E-state index contributed by atoms with van der Waals surface area (Å²) >= 11 is 0. The molecule has 1 aliphatic rings. The van der Waals surface area contributed by atoms with Gasteiger partial charge in [0.05, 0.1) is 25.4 Å². The highest BCUT2D eigenvalue weighted by Crippen LogP contribution is 2.39. The maximum Gasteiger partial charge on any atom is 0.407 e. The zero-order valence-electron chi connectivity index (χ0n) is 39.3. The molecule has 0 saturated carbocycles. The molecule has 1 heterocycles. The van der Waals surface area contributed by atoms with Crippen LogP contribution < -0.4 is 21.3 Å². The Morgan fingerprint density at radius 3 is 1.80 bits per heavy atom. The van der Waals surface area contributed by atoms with Crippen molar-refractivity contribution in [2.45, 2.75) is 129 Å². The van der Waals surface area contributed by atoms with Gasteiger partial charge in [0.25, 0.3) is 5.91 Å². The average Bonchev–Trinajstić information content (AvgIpc) is 3.22. The number of halogens is 1. The topological polar surface area (TPSA) is 164 Å². The maximum absolute atomic E-state index is 14.9. The second-order valence-electron chi connectivity index (χ2n) is 19.5. The molecule has 4 rings (SSSR count). The van der Waals surface area contributed by atoms with Crippen molar-refractivity contribution in [3.63, 3.8) is 0 Å². The van der Waals surface area contributed by atoms with E-state index in [0.717, 1.165) is 11.1 Å². The molecule has 3 aromatic rings. The molecular weight excluding hydrogens is 834 g/mol. The Morgan fingerprint density at radius 2 is 1.27 bits per heavy atom. The van der Waals surface area contributed by atoms with Crippen LogP contribution in [0.1, 0.15) is 78.5 Å². The van der Waals surface area contributed by atoms with Crippen molar-refractivity contribution in [1.82, 2.24) is 26.2 Å². The molecule has 1 fully saturated rings. The van der Waals surface area contributed by atoms with Crippen LogP contribution in [0.3, 0.4) is 0 Å². The second kappa shape index (κ2) is 23.2. The third-order valence-electron chi connectivity index (χ3n) is 11.7. The fourth-order valence-electron chi connectivity index (χ4n) is 7.09. The Balaban J connectivity index is 1.70. The summed E-state index contributed by atoms with van der Waals surface area (Å²) in [6.45, 7) is 20.8. The van der Waals surface area contributed by atoms with E-state index in [0.29, 0.717) is 38.3 Å². The van der Waals surface area contributed by atoms with Gasteiger partial charge in [-0.15, -0.1) is 0 Å². The quantitative estimate of drug-likeness (QED) is 0.0965. The maximum atomic E-state index is 14.9. The monoisotopic (exact) mass is 903 g/mol. The van der Waals surface area contributed by atoms with Crippen molar-refractivity contribution >= 4 is 38.2 Å². The van der Waals surface area contributed by atoms with Crippen LogP contribution in [0, 0.1) is 17.7 Å². The van der Waals surface area contributed by atoms with Crippen LogP contribution in [0.4, 0.5) is 14.0 Å². The number of imide groups is 1. The summed E-state index contributed by atoms with van der Waals surface area (Å²) in [6.07, 6.45) is -0.643. The van der Waals surface area contributed by atoms with Crippen molar-refractivity contribution in [2.75, 3.05) is 26.3 Å². The summed E-state index contributed by atoms with van der Waals surface area (Å²) < 4.78 is 32.5. The van der Waals surface area contributed by atoms with Gasteiger partial charge in [-0.1, -0.05) is 107 Å². The van der Waals surface area contributed by atoms with Gasteiger partial charge in [0, 0.05) is 25.4 Å². The summed E-state index contributed by atoms with van der Waals surface area (Å²) in [5.41, 5.74) is 1.59. The van der Waals surface area contributed by atoms with E-state index in [4.69, 9.17) is 13.9 Å². The Bertz CT molecular complexity index is 1980. The van der Waals surface area contributed by atoms with Crippen LogP contribution >= 0.6 is 0 Å². The lowest BCUT2D eigenvalue weighted by Crippen LogP contribution is -2.59. The number of ether oxygens (including phenoxy) is 2. The SMILES string of the molecule is CC(C)C(NC(=O)C(Cc1ccc(F)cc1)CC(O[Si](C)(C)C(C)(C)C)C(Cc1ccccc1)NC(=O)OC(C)(C)C)C(=O)NC(Cc1ccccc1)C(=O)NC(=O)N1CCOCC1. The minimum absolute atomic E-state index is 0.0840. The van der Waals surface area contributed by atoms with Crippen molar-refractivity contribution in [2.24, 2.45) is 11.8 Å². The highest BCUT2D eigenvalue weighted by molar-refractivity contribution is 6.74. The van der Waals surface area contributed by atoms with Gasteiger partial charge in [-0.2, -0.15) is 0 Å². The largest absolute Gasteiger partial charge is 0.444 e. The molecule has 6 amide bonds. The van der Waals surface area contributed by atoms with Gasteiger partial charge in [-0.3, -0.25) is 19.7 Å². The number of carbonyl (C=O) groups excluding carboxylic acids is 5. The zero-order valence-corrected chi connectivity index (χ0v) is 40.3. The lowest BCUT2D eigenvalue weighted by atomic mass is 9.88. The van der Waals surface area contributed by atoms with Gasteiger partial charge >= 0.3 is 12.1 Å². The average molecular weight is 904 g/mol. The number of alkyl carbamates (subject to hydrolysis) is 1. The number of nitrogens with one attached hydrogen (secondary N) is 4. The summed E-state index contributed by atoms with van der Waals surface area (Å²) in [6, 6.07) is 21.2. The minimum atomic E-state index is -2.61. The van der Waals surface area contributed by atoms with Crippen molar-refractivity contribution in [1.29, 1.82) is 0 Å². The number of hydrogen-bond acceptors (Lipinski definition) is 8. The van der Waals surface area contributed by atoms with E-state index in [1.54, 1.807) is 46.8 Å². The van der Waals surface area contributed by atoms with Crippen molar-refractivity contribution in [3.05, 3.63) is 107 Å². The molecule has 4 N–H and O–H groups in total. The highest BCUT2D eigenvalue weighted by Gasteiger charge is 2.43. The molecule has 5 atom stereocenters.